The zero-order valence-corrected chi connectivity index (χ0v) is 21.3. The Hall–Kier alpha value is -3.75. The number of esters is 1. The summed E-state index contributed by atoms with van der Waals surface area (Å²) in [5, 5.41) is 8.09. The fourth-order valence-corrected chi connectivity index (χ4v) is 4.00. The van der Waals surface area contributed by atoms with Crippen LogP contribution in [0, 0.1) is 13.8 Å². The molecule has 36 heavy (non-hydrogen) atoms. The Morgan fingerprint density at radius 2 is 1.83 bits per heavy atom. The smallest absolute Gasteiger partial charge is 0.338 e. The fourth-order valence-electron chi connectivity index (χ4n) is 3.66. The fraction of sp³-hybridized carbons (Fsp3) is 0.192. The summed E-state index contributed by atoms with van der Waals surface area (Å²) in [6.07, 6.45) is 0. The molecule has 0 aliphatic heterocycles. The van der Waals surface area contributed by atoms with Crippen molar-refractivity contribution in [3.63, 3.8) is 0 Å². The largest absolute Gasteiger partial charge is 0.484 e. The van der Waals surface area contributed by atoms with Gasteiger partial charge in [-0.05, 0) is 49.7 Å². The van der Waals surface area contributed by atoms with Crippen LogP contribution in [0.4, 0.5) is 5.69 Å². The number of halogens is 2. The highest BCUT2D eigenvalue weighted by atomic mass is 35.5. The van der Waals surface area contributed by atoms with Gasteiger partial charge in [0.25, 0.3) is 5.91 Å². The highest BCUT2D eigenvalue weighted by molar-refractivity contribution is 6.42. The number of carbonyl (C=O) groups excluding carboxylic acids is 2. The Labute approximate surface area is 217 Å². The number of nitrogens with zero attached hydrogens (tertiary/aromatic N) is 2. The predicted octanol–water partition coefficient (Wildman–Crippen LogP) is 6.07. The third kappa shape index (κ3) is 5.40. The maximum Gasteiger partial charge on any atom is 0.338 e. The molecule has 0 bridgehead atoms. The SMILES string of the molecule is COC(=O)c1ccccc1Cn1nc(C)c(NC(=O)c2ccc(COc3cccc(Cl)c3Cl)o2)c1C. The van der Waals surface area contributed by atoms with E-state index in [1.54, 1.807) is 54.1 Å². The Balaban J connectivity index is 1.45. The van der Waals surface area contributed by atoms with E-state index in [9.17, 15) is 9.59 Å². The lowest BCUT2D eigenvalue weighted by Gasteiger charge is -2.10. The summed E-state index contributed by atoms with van der Waals surface area (Å²) in [4.78, 5) is 25.0. The Kier molecular flexibility index (Phi) is 7.67. The van der Waals surface area contributed by atoms with Crippen LogP contribution >= 0.6 is 23.2 Å². The zero-order chi connectivity index (χ0) is 25.8. The first-order valence-corrected chi connectivity index (χ1v) is 11.7. The molecule has 4 rings (SSSR count). The summed E-state index contributed by atoms with van der Waals surface area (Å²) in [5.41, 5.74) is 3.13. The molecule has 2 heterocycles. The summed E-state index contributed by atoms with van der Waals surface area (Å²) in [6.45, 7) is 4.04. The third-order valence-corrected chi connectivity index (χ3v) is 6.34. The molecule has 186 valence electrons. The topological polar surface area (TPSA) is 95.6 Å². The number of benzene rings is 2. The summed E-state index contributed by atoms with van der Waals surface area (Å²) < 4.78 is 17.9. The number of anilines is 1. The Morgan fingerprint density at radius 1 is 1.06 bits per heavy atom. The van der Waals surface area contributed by atoms with Crippen molar-refractivity contribution < 1.29 is 23.5 Å². The summed E-state index contributed by atoms with van der Waals surface area (Å²) in [5.74, 6) is 0.130. The summed E-state index contributed by atoms with van der Waals surface area (Å²) in [6, 6.07) is 15.5. The second kappa shape index (κ2) is 10.9. The van der Waals surface area contributed by atoms with Crippen molar-refractivity contribution in [2.45, 2.75) is 27.0 Å². The van der Waals surface area contributed by atoms with Gasteiger partial charge in [-0.15, -0.1) is 0 Å². The monoisotopic (exact) mass is 527 g/mol. The quantitative estimate of drug-likeness (QED) is 0.279. The van der Waals surface area contributed by atoms with Crippen LogP contribution < -0.4 is 10.1 Å². The first kappa shape index (κ1) is 25.3. The number of methoxy groups -OCH3 is 1. The first-order valence-electron chi connectivity index (χ1n) is 11.0. The first-order chi connectivity index (χ1) is 17.3. The van der Waals surface area contributed by atoms with Gasteiger partial charge in [0.2, 0.25) is 0 Å². The van der Waals surface area contributed by atoms with Gasteiger partial charge in [-0.25, -0.2) is 4.79 Å². The molecule has 4 aromatic rings. The molecule has 1 amide bonds. The van der Waals surface area contributed by atoms with Gasteiger partial charge in [-0.3, -0.25) is 9.48 Å². The van der Waals surface area contributed by atoms with Gasteiger partial charge in [0.05, 0.1) is 41.3 Å². The summed E-state index contributed by atoms with van der Waals surface area (Å²) >= 11 is 12.1. The van der Waals surface area contributed by atoms with Crippen molar-refractivity contribution in [2.24, 2.45) is 0 Å². The molecule has 0 fully saturated rings. The van der Waals surface area contributed by atoms with Crippen LogP contribution in [0.25, 0.3) is 0 Å². The second-order valence-corrected chi connectivity index (χ2v) is 8.70. The lowest BCUT2D eigenvalue weighted by Crippen LogP contribution is -2.13. The summed E-state index contributed by atoms with van der Waals surface area (Å²) in [7, 11) is 1.34. The average molecular weight is 528 g/mol. The number of aromatic nitrogens is 2. The average Bonchev–Trinajstić information content (AvgIpc) is 3.45. The molecule has 0 saturated heterocycles. The minimum absolute atomic E-state index is 0.0724. The molecule has 0 saturated carbocycles. The number of hydrogen-bond acceptors (Lipinski definition) is 6. The number of aryl methyl sites for hydroxylation is 1. The van der Waals surface area contributed by atoms with E-state index in [0.29, 0.717) is 45.0 Å². The number of furan rings is 1. The number of carbonyl (C=O) groups is 2. The molecule has 2 aromatic carbocycles. The highest BCUT2D eigenvalue weighted by Gasteiger charge is 2.19. The third-order valence-electron chi connectivity index (χ3n) is 5.53. The maximum absolute atomic E-state index is 12.9. The van der Waals surface area contributed by atoms with Crippen LogP contribution in [-0.4, -0.2) is 28.8 Å². The van der Waals surface area contributed by atoms with Crippen molar-refractivity contribution in [3.05, 3.63) is 98.7 Å². The van der Waals surface area contributed by atoms with E-state index in [0.717, 1.165) is 11.3 Å². The standard InChI is InChI=1S/C26H23Cl2N3O5/c1-15-24(16(2)31(30-15)13-17-7-4-5-8-19(17)26(33)34-3)29-25(32)22-12-11-18(36-22)14-35-21-10-6-9-20(27)23(21)28/h4-12H,13-14H2,1-3H3,(H,29,32). The van der Waals surface area contributed by atoms with Crippen LogP contribution in [-0.2, 0) is 17.9 Å². The molecule has 10 heteroatoms. The van der Waals surface area contributed by atoms with Crippen LogP contribution in [0.1, 0.15) is 43.6 Å². The van der Waals surface area contributed by atoms with Crippen molar-refractivity contribution >= 4 is 40.8 Å². The zero-order valence-electron chi connectivity index (χ0n) is 19.8. The number of ether oxygens (including phenoxy) is 2. The van der Waals surface area contributed by atoms with E-state index in [-0.39, 0.29) is 12.4 Å². The van der Waals surface area contributed by atoms with Crippen molar-refractivity contribution in [2.75, 3.05) is 12.4 Å². The minimum atomic E-state index is -0.428. The molecule has 2 aromatic heterocycles. The van der Waals surface area contributed by atoms with Crippen LogP contribution in [0.3, 0.4) is 0 Å². The van der Waals surface area contributed by atoms with Gasteiger partial charge in [-0.2, -0.15) is 5.10 Å². The molecule has 0 radical (unpaired) electrons. The molecule has 0 unspecified atom stereocenters. The van der Waals surface area contributed by atoms with Crippen LogP contribution in [0.2, 0.25) is 10.0 Å². The van der Waals surface area contributed by atoms with Gasteiger partial charge < -0.3 is 19.2 Å². The molecular weight excluding hydrogens is 505 g/mol. The second-order valence-electron chi connectivity index (χ2n) is 7.91. The maximum atomic E-state index is 12.9. The minimum Gasteiger partial charge on any atom is -0.484 e. The van der Waals surface area contributed by atoms with E-state index in [2.05, 4.69) is 10.4 Å². The van der Waals surface area contributed by atoms with E-state index in [4.69, 9.17) is 37.1 Å². The number of nitrogens with one attached hydrogen (secondary N) is 1. The van der Waals surface area contributed by atoms with E-state index >= 15 is 0 Å². The van der Waals surface area contributed by atoms with E-state index < -0.39 is 11.9 Å². The molecule has 8 nitrogen and oxygen atoms in total. The van der Waals surface area contributed by atoms with Crippen molar-refractivity contribution in [3.8, 4) is 5.75 Å². The van der Waals surface area contributed by atoms with E-state index in [1.165, 1.54) is 7.11 Å². The van der Waals surface area contributed by atoms with Gasteiger partial charge in [0.1, 0.15) is 23.1 Å². The molecule has 0 spiro atoms. The predicted molar refractivity (Wildman–Crippen MR) is 136 cm³/mol. The molecule has 0 aliphatic rings. The molecular formula is C26H23Cl2N3O5. The van der Waals surface area contributed by atoms with Crippen LogP contribution in [0.5, 0.6) is 5.75 Å². The van der Waals surface area contributed by atoms with Gasteiger partial charge in [-0.1, -0.05) is 47.5 Å². The number of rotatable bonds is 8. The van der Waals surface area contributed by atoms with Crippen molar-refractivity contribution in [1.82, 2.24) is 9.78 Å². The normalized spacial score (nSPS) is 10.8. The van der Waals surface area contributed by atoms with Crippen molar-refractivity contribution in [1.29, 1.82) is 0 Å². The number of amides is 1. The van der Waals surface area contributed by atoms with Gasteiger partial charge in [0.15, 0.2) is 5.76 Å². The van der Waals surface area contributed by atoms with Gasteiger partial charge in [0, 0.05) is 0 Å². The number of hydrogen-bond donors (Lipinski definition) is 1. The lowest BCUT2D eigenvalue weighted by molar-refractivity contribution is 0.0599. The van der Waals surface area contributed by atoms with Gasteiger partial charge >= 0.3 is 5.97 Å². The molecule has 0 atom stereocenters. The highest BCUT2D eigenvalue weighted by Crippen LogP contribution is 2.32. The lowest BCUT2D eigenvalue weighted by atomic mass is 10.1. The Morgan fingerprint density at radius 3 is 2.61 bits per heavy atom. The Bertz CT molecular complexity index is 1430. The molecule has 1 N–H and O–H groups in total. The molecule has 0 aliphatic carbocycles. The van der Waals surface area contributed by atoms with Crippen LogP contribution in [0.15, 0.2) is 59.0 Å². The van der Waals surface area contributed by atoms with E-state index in [1.807, 2.05) is 19.1 Å².